The van der Waals surface area contributed by atoms with Gasteiger partial charge < -0.3 is 14.2 Å². The van der Waals surface area contributed by atoms with Crippen molar-refractivity contribution in [1.29, 1.82) is 0 Å². The molecule has 3 aliphatic carbocycles. The first-order chi connectivity index (χ1) is 34.2. The van der Waals surface area contributed by atoms with Crippen LogP contribution < -0.4 is 26.2 Å². The van der Waals surface area contributed by atoms with Crippen LogP contribution >= 0.6 is 0 Å². The summed E-state index contributed by atoms with van der Waals surface area (Å²) in [7, 11) is 0. The second kappa shape index (κ2) is 13.9. The molecule has 3 nitrogen and oxygen atoms in total. The fourth-order valence-electron chi connectivity index (χ4n) is 15.2. The molecule has 0 N–H and O–H groups in total. The van der Waals surface area contributed by atoms with Crippen molar-refractivity contribution in [2.45, 2.75) is 155 Å². The summed E-state index contributed by atoms with van der Waals surface area (Å²) in [6, 6.07) is 43.2. The Hall–Kier alpha value is -6.00. The Morgan fingerprint density at radius 2 is 1.07 bits per heavy atom. The Balaban J connectivity index is 1.17. The maximum atomic E-state index is 9.24. The van der Waals surface area contributed by atoms with Gasteiger partial charge in [-0.3, -0.25) is 0 Å². The highest BCUT2D eigenvalue weighted by Gasteiger charge is 2.49. The van der Waals surface area contributed by atoms with Gasteiger partial charge in [0.15, 0.2) is 0 Å². The number of nitrogens with zero attached hydrogens (tertiary/aromatic N) is 2. The van der Waals surface area contributed by atoms with E-state index in [0.29, 0.717) is 5.56 Å². The highest BCUT2D eigenvalue weighted by atomic mass is 16.3. The van der Waals surface area contributed by atoms with E-state index in [-0.39, 0.29) is 39.2 Å². The average molecular weight is 920 g/mol. The predicted octanol–water partition coefficient (Wildman–Crippen LogP) is 16.2. The first-order valence-electron chi connectivity index (χ1n) is 27.5. The largest absolute Gasteiger partial charge is 0.456 e. The first kappa shape index (κ1) is 40.7. The molecule has 13 rings (SSSR count). The molecule has 0 atom stereocenters. The molecule has 0 fully saturated rings. The number of anilines is 6. The molecule has 352 valence electrons. The van der Waals surface area contributed by atoms with Gasteiger partial charge in [0.1, 0.15) is 11.2 Å². The van der Waals surface area contributed by atoms with Gasteiger partial charge >= 0.3 is 0 Å². The Bertz CT molecular complexity index is 3730. The van der Waals surface area contributed by atoms with Crippen LogP contribution in [0.3, 0.4) is 0 Å². The molecular weight excluding hydrogens is 848 g/mol. The highest BCUT2D eigenvalue weighted by Crippen LogP contribution is 2.56. The third kappa shape index (κ3) is 6.01. The summed E-state index contributed by atoms with van der Waals surface area (Å²) in [5, 5.41) is 2.22. The van der Waals surface area contributed by atoms with Gasteiger partial charge in [0.25, 0.3) is 6.71 Å². The molecule has 1 aromatic heterocycles. The minimum Gasteiger partial charge on any atom is -0.456 e. The lowest BCUT2D eigenvalue weighted by Gasteiger charge is -2.48. The van der Waals surface area contributed by atoms with Gasteiger partial charge in [-0.15, -0.1) is 0 Å². The summed E-state index contributed by atoms with van der Waals surface area (Å²) in [6.07, 6.45) is 4.30. The zero-order valence-corrected chi connectivity index (χ0v) is 43.7. The first-order valence-corrected chi connectivity index (χ1v) is 26.0. The summed E-state index contributed by atoms with van der Waals surface area (Å²) in [5.74, 6) is 0. The van der Waals surface area contributed by atoms with Crippen molar-refractivity contribution in [3.05, 3.63) is 160 Å². The maximum absolute atomic E-state index is 9.24. The number of hydrogen-bond acceptors (Lipinski definition) is 3. The van der Waals surface area contributed by atoms with Crippen LogP contribution in [0.25, 0.3) is 33.1 Å². The third-order valence-corrected chi connectivity index (χ3v) is 18.3. The van der Waals surface area contributed by atoms with Crippen LogP contribution in [0.4, 0.5) is 34.1 Å². The van der Waals surface area contributed by atoms with E-state index < -0.39 is 6.85 Å². The normalized spacial score (nSPS) is 20.8. The molecule has 70 heavy (non-hydrogen) atoms. The molecule has 4 heteroatoms. The van der Waals surface area contributed by atoms with Crippen LogP contribution in [-0.4, -0.2) is 6.71 Å². The van der Waals surface area contributed by atoms with Crippen LogP contribution in [0.1, 0.15) is 157 Å². The summed E-state index contributed by atoms with van der Waals surface area (Å²) < 4.78 is 34.2. The van der Waals surface area contributed by atoms with Crippen LogP contribution in [0.5, 0.6) is 0 Å². The molecule has 0 spiro atoms. The fourth-order valence-corrected chi connectivity index (χ4v) is 15.2. The van der Waals surface area contributed by atoms with Crippen LogP contribution in [0.2, 0.25) is 0 Å². The molecular formula is C66H69BN2O. The number of para-hydroxylation sites is 1. The van der Waals surface area contributed by atoms with E-state index in [2.05, 4.69) is 197 Å². The van der Waals surface area contributed by atoms with E-state index in [1.807, 2.05) is 18.2 Å². The minimum atomic E-state index is -2.38. The molecule has 0 radical (unpaired) electrons. The van der Waals surface area contributed by atoms with Crippen LogP contribution in [0.15, 0.2) is 120 Å². The van der Waals surface area contributed by atoms with E-state index in [4.69, 9.17) is 4.42 Å². The van der Waals surface area contributed by atoms with Gasteiger partial charge in [-0.25, -0.2) is 0 Å². The second-order valence-electron chi connectivity index (χ2n) is 26.1. The van der Waals surface area contributed by atoms with E-state index in [1.54, 1.807) is 0 Å². The Morgan fingerprint density at radius 3 is 1.79 bits per heavy atom. The van der Waals surface area contributed by atoms with E-state index in [0.717, 1.165) is 98.3 Å². The monoisotopic (exact) mass is 920 g/mol. The Labute approximate surface area is 421 Å². The molecule has 8 aromatic rings. The van der Waals surface area contributed by atoms with Crippen molar-refractivity contribution >= 4 is 79.2 Å². The highest BCUT2D eigenvalue weighted by molar-refractivity contribution is 7.00. The van der Waals surface area contributed by atoms with Crippen molar-refractivity contribution in [3.63, 3.8) is 0 Å². The van der Waals surface area contributed by atoms with Crippen molar-refractivity contribution in [2.75, 3.05) is 9.80 Å². The number of furan rings is 1. The topological polar surface area (TPSA) is 19.6 Å². The predicted molar refractivity (Wildman–Crippen MR) is 299 cm³/mol. The summed E-state index contributed by atoms with van der Waals surface area (Å²) in [5.41, 5.74) is 23.6. The SMILES string of the molecule is [2H]C([2H])([2H])c1cc2c3c(c1)N(c1cc4c(cc1C)C(C)(C)CC4(C)C)c1ccc(-c4cccc5oc6ccccc6c45)cc1B3c1cc3c(cc1N2c1ccc2c(c1)C(C)(C)CC2(C)C)C(C)(C)CCC3(C)C. The molecule has 3 heterocycles. The van der Waals surface area contributed by atoms with Crippen LogP contribution in [-0.2, 0) is 32.5 Å². The van der Waals surface area contributed by atoms with Gasteiger partial charge in [0, 0.05) is 49.0 Å². The summed E-state index contributed by atoms with van der Waals surface area (Å²) in [6.45, 7) is 28.5. The standard InChI is InChI=1S/C66H69BN2O/c1-38-28-55-60-56(29-38)69(53-34-49-45(30-39(53)2)64(9,10)37-66(49,13)14)52-25-22-40(42-19-17-21-58-59(42)43-18-15-16-20-57(43)70-58)31-50(52)67(60)51-33-47-48(62(5,6)27-26-61(47,3)4)35-54(51)68(55)41-23-24-44-46(32-41)65(11,12)36-63(44,7)8/h15-25,28-35H,26-27,36-37H2,1-14H3/i1D3. The summed E-state index contributed by atoms with van der Waals surface area (Å²) >= 11 is 0. The van der Waals surface area contributed by atoms with Gasteiger partial charge in [0.2, 0.25) is 0 Å². The second-order valence-corrected chi connectivity index (χ2v) is 26.1. The van der Waals surface area contributed by atoms with E-state index in [1.165, 1.54) is 49.9 Å². The lowest BCUT2D eigenvalue weighted by Crippen LogP contribution is -2.62. The number of benzene rings is 7. The lowest BCUT2D eigenvalue weighted by molar-refractivity contribution is 0.332. The van der Waals surface area contributed by atoms with Crippen molar-refractivity contribution in [3.8, 4) is 11.1 Å². The zero-order valence-electron chi connectivity index (χ0n) is 46.7. The van der Waals surface area contributed by atoms with Gasteiger partial charge in [0.05, 0.1) is 0 Å². The molecule has 5 aliphatic rings. The average Bonchev–Trinajstić information content (AvgIpc) is 3.85. The zero-order chi connectivity index (χ0) is 51.5. The smallest absolute Gasteiger partial charge is 0.252 e. The number of fused-ring (bicyclic) bond motifs is 10. The van der Waals surface area contributed by atoms with Gasteiger partial charge in [-0.1, -0.05) is 144 Å². The van der Waals surface area contributed by atoms with Gasteiger partial charge in [-0.05, 0) is 199 Å². The number of hydrogen-bond donors (Lipinski definition) is 0. The van der Waals surface area contributed by atoms with Crippen LogP contribution in [0, 0.1) is 13.8 Å². The molecule has 0 saturated heterocycles. The van der Waals surface area contributed by atoms with Crippen molar-refractivity contribution in [1.82, 2.24) is 0 Å². The molecule has 7 aromatic carbocycles. The minimum absolute atomic E-state index is 0.0197. The molecule has 2 aliphatic heterocycles. The van der Waals surface area contributed by atoms with E-state index in [9.17, 15) is 4.11 Å². The number of rotatable bonds is 3. The Kier molecular flexibility index (Phi) is 8.08. The fraction of sp³-hybridized carbons (Fsp3) is 0.364. The van der Waals surface area contributed by atoms with Gasteiger partial charge in [-0.2, -0.15) is 0 Å². The summed E-state index contributed by atoms with van der Waals surface area (Å²) in [4.78, 5) is 4.93. The Morgan fingerprint density at radius 1 is 0.486 bits per heavy atom. The quantitative estimate of drug-likeness (QED) is 0.165. The molecule has 0 bridgehead atoms. The van der Waals surface area contributed by atoms with E-state index >= 15 is 0 Å². The maximum Gasteiger partial charge on any atom is 0.252 e. The van der Waals surface area contributed by atoms with Crippen molar-refractivity contribution in [2.24, 2.45) is 0 Å². The van der Waals surface area contributed by atoms with Crippen molar-refractivity contribution < 1.29 is 8.53 Å². The lowest BCUT2D eigenvalue weighted by atomic mass is 9.33. The molecule has 0 unspecified atom stereocenters. The third-order valence-electron chi connectivity index (χ3n) is 18.3. The number of aryl methyl sites for hydroxylation is 2. The molecule has 0 amide bonds. The molecule has 0 saturated carbocycles.